The summed E-state index contributed by atoms with van der Waals surface area (Å²) in [6.45, 7) is 4.94. The Morgan fingerprint density at radius 2 is 1.94 bits per heavy atom. The lowest BCUT2D eigenvalue weighted by Crippen LogP contribution is -2.52. The summed E-state index contributed by atoms with van der Waals surface area (Å²) in [6, 6.07) is 12.0. The van der Waals surface area contributed by atoms with Crippen LogP contribution in [0, 0.1) is 0 Å². The Kier molecular flexibility index (Phi) is 5.08. The number of hydrogen-bond donors (Lipinski definition) is 3. The van der Waals surface area contributed by atoms with E-state index < -0.39 is 6.04 Å². The van der Waals surface area contributed by atoms with E-state index in [-0.39, 0.29) is 30.2 Å². The smallest absolute Gasteiger partial charge is 0.255 e. The molecule has 2 aromatic carbocycles. The molecule has 7 nitrogen and oxygen atoms in total. The third-order valence-corrected chi connectivity index (χ3v) is 6.60. The van der Waals surface area contributed by atoms with Crippen molar-refractivity contribution in [2.24, 2.45) is 0 Å². The zero-order chi connectivity index (χ0) is 21.5. The fraction of sp³-hybridized carbons (Fsp3) is 0.375. The Morgan fingerprint density at radius 3 is 2.77 bits per heavy atom. The standard InChI is InChI=1S/C24H26N4O3/c1-14(15-5-6-16-10-25-11-19(16)9-15)26-12-17-3-2-4-18-13-28(24(31)22(17)18)20-7-8-21(29)27-23(20)30/h2-6,9,14,20,25-26H,7-8,10-13H2,1H3,(H,27,29,30). The predicted molar refractivity (Wildman–Crippen MR) is 115 cm³/mol. The average molecular weight is 418 g/mol. The maximum Gasteiger partial charge on any atom is 0.255 e. The van der Waals surface area contributed by atoms with Gasteiger partial charge in [0, 0.05) is 44.2 Å². The Balaban J connectivity index is 1.31. The summed E-state index contributed by atoms with van der Waals surface area (Å²) in [5, 5.41) is 9.28. The van der Waals surface area contributed by atoms with Crippen LogP contribution in [-0.4, -0.2) is 28.7 Å². The van der Waals surface area contributed by atoms with Gasteiger partial charge in [-0.1, -0.05) is 36.4 Å². The van der Waals surface area contributed by atoms with Crippen molar-refractivity contribution in [2.75, 3.05) is 0 Å². The third kappa shape index (κ3) is 3.64. The van der Waals surface area contributed by atoms with Crippen LogP contribution in [0.5, 0.6) is 0 Å². The number of rotatable bonds is 5. The molecule has 0 spiro atoms. The van der Waals surface area contributed by atoms with Crippen molar-refractivity contribution in [1.82, 2.24) is 20.9 Å². The lowest BCUT2D eigenvalue weighted by Gasteiger charge is -2.29. The van der Waals surface area contributed by atoms with E-state index in [4.69, 9.17) is 0 Å². The van der Waals surface area contributed by atoms with Crippen LogP contribution < -0.4 is 16.0 Å². The van der Waals surface area contributed by atoms with Gasteiger partial charge in [-0.2, -0.15) is 0 Å². The molecule has 3 amide bonds. The lowest BCUT2D eigenvalue weighted by molar-refractivity contribution is -0.136. The molecular formula is C24H26N4O3. The van der Waals surface area contributed by atoms with Gasteiger partial charge in [0.15, 0.2) is 0 Å². The van der Waals surface area contributed by atoms with Crippen LogP contribution in [0.3, 0.4) is 0 Å². The molecule has 7 heteroatoms. The molecule has 5 rings (SSSR count). The number of nitrogens with zero attached hydrogens (tertiary/aromatic N) is 1. The Labute approximate surface area is 181 Å². The molecule has 3 aliphatic rings. The van der Waals surface area contributed by atoms with Crippen LogP contribution in [-0.2, 0) is 35.8 Å². The van der Waals surface area contributed by atoms with Gasteiger partial charge in [-0.05, 0) is 41.2 Å². The second kappa shape index (κ2) is 7.90. The van der Waals surface area contributed by atoms with Crippen molar-refractivity contribution in [3.8, 4) is 0 Å². The molecule has 0 saturated carbocycles. The zero-order valence-corrected chi connectivity index (χ0v) is 17.5. The Morgan fingerprint density at radius 1 is 1.10 bits per heavy atom. The van der Waals surface area contributed by atoms with Crippen LogP contribution in [0.4, 0.5) is 0 Å². The Hall–Kier alpha value is -3.03. The number of fused-ring (bicyclic) bond motifs is 2. The maximum absolute atomic E-state index is 13.2. The van der Waals surface area contributed by atoms with E-state index in [9.17, 15) is 14.4 Å². The fourth-order valence-electron chi connectivity index (χ4n) is 4.80. The average Bonchev–Trinajstić information content (AvgIpc) is 3.36. The van der Waals surface area contributed by atoms with Gasteiger partial charge in [-0.25, -0.2) is 0 Å². The number of carbonyl (C=O) groups excluding carboxylic acids is 3. The van der Waals surface area contributed by atoms with Crippen LogP contribution in [0.15, 0.2) is 36.4 Å². The van der Waals surface area contributed by atoms with E-state index in [1.54, 1.807) is 4.90 Å². The highest BCUT2D eigenvalue weighted by Gasteiger charge is 2.39. The van der Waals surface area contributed by atoms with E-state index >= 15 is 0 Å². The van der Waals surface area contributed by atoms with E-state index in [1.807, 2.05) is 18.2 Å². The van der Waals surface area contributed by atoms with Crippen LogP contribution in [0.25, 0.3) is 0 Å². The molecule has 3 N–H and O–H groups in total. The zero-order valence-electron chi connectivity index (χ0n) is 17.5. The minimum atomic E-state index is -0.586. The van der Waals surface area contributed by atoms with Gasteiger partial charge < -0.3 is 15.5 Å². The minimum absolute atomic E-state index is 0.127. The molecule has 0 radical (unpaired) electrons. The van der Waals surface area contributed by atoms with Crippen molar-refractivity contribution >= 4 is 17.7 Å². The first-order valence-electron chi connectivity index (χ1n) is 10.8. The summed E-state index contributed by atoms with van der Waals surface area (Å²) in [7, 11) is 0. The molecular weight excluding hydrogens is 392 g/mol. The number of benzene rings is 2. The molecule has 31 heavy (non-hydrogen) atoms. The normalized spacial score (nSPS) is 21.1. The van der Waals surface area contributed by atoms with E-state index in [0.717, 1.165) is 24.2 Å². The van der Waals surface area contributed by atoms with Crippen molar-refractivity contribution in [2.45, 2.75) is 58.0 Å². The summed E-state index contributed by atoms with van der Waals surface area (Å²) in [5.74, 6) is -0.776. The minimum Gasteiger partial charge on any atom is -0.322 e. The van der Waals surface area contributed by atoms with Gasteiger partial charge in [0.2, 0.25) is 11.8 Å². The van der Waals surface area contributed by atoms with Crippen LogP contribution >= 0.6 is 0 Å². The van der Waals surface area contributed by atoms with Crippen molar-refractivity contribution in [3.63, 3.8) is 0 Å². The SMILES string of the molecule is CC(NCc1cccc2c1C(=O)N(C1CCC(=O)NC1=O)C2)c1ccc2c(c1)CNC2. The highest BCUT2D eigenvalue weighted by molar-refractivity contribution is 6.06. The summed E-state index contributed by atoms with van der Waals surface area (Å²) in [6.07, 6.45) is 0.640. The largest absolute Gasteiger partial charge is 0.322 e. The first-order valence-corrected chi connectivity index (χ1v) is 10.8. The van der Waals surface area contributed by atoms with Gasteiger partial charge in [-0.3, -0.25) is 19.7 Å². The van der Waals surface area contributed by atoms with Crippen molar-refractivity contribution in [1.29, 1.82) is 0 Å². The lowest BCUT2D eigenvalue weighted by atomic mass is 10.0. The number of nitrogens with one attached hydrogen (secondary N) is 3. The second-order valence-electron chi connectivity index (χ2n) is 8.59. The number of amides is 3. The molecule has 160 valence electrons. The number of piperidine rings is 1. The van der Waals surface area contributed by atoms with Crippen molar-refractivity contribution < 1.29 is 14.4 Å². The topological polar surface area (TPSA) is 90.5 Å². The summed E-state index contributed by atoms with van der Waals surface area (Å²) in [5.41, 5.74) is 6.49. The number of carbonyl (C=O) groups is 3. The van der Waals surface area contributed by atoms with Gasteiger partial charge >= 0.3 is 0 Å². The summed E-state index contributed by atoms with van der Waals surface area (Å²) >= 11 is 0. The molecule has 0 bridgehead atoms. The highest BCUT2D eigenvalue weighted by atomic mass is 16.2. The predicted octanol–water partition coefficient (Wildman–Crippen LogP) is 1.90. The molecule has 0 aliphatic carbocycles. The highest BCUT2D eigenvalue weighted by Crippen LogP contribution is 2.30. The Bertz CT molecular complexity index is 1080. The first-order chi connectivity index (χ1) is 15.0. The molecule has 3 aliphatic heterocycles. The summed E-state index contributed by atoms with van der Waals surface area (Å²) in [4.78, 5) is 38.6. The number of imide groups is 1. The monoisotopic (exact) mass is 418 g/mol. The van der Waals surface area contributed by atoms with Gasteiger partial charge in [0.25, 0.3) is 5.91 Å². The molecule has 1 fully saturated rings. The molecule has 3 heterocycles. The summed E-state index contributed by atoms with van der Waals surface area (Å²) < 4.78 is 0. The van der Waals surface area contributed by atoms with E-state index in [1.165, 1.54) is 16.7 Å². The van der Waals surface area contributed by atoms with Gasteiger partial charge in [0.1, 0.15) is 6.04 Å². The van der Waals surface area contributed by atoms with Gasteiger partial charge in [-0.15, -0.1) is 0 Å². The second-order valence-corrected chi connectivity index (χ2v) is 8.59. The third-order valence-electron chi connectivity index (χ3n) is 6.60. The molecule has 2 atom stereocenters. The molecule has 0 aromatic heterocycles. The van der Waals surface area contributed by atoms with Gasteiger partial charge in [0.05, 0.1) is 0 Å². The number of hydrogen-bond acceptors (Lipinski definition) is 5. The molecule has 2 unspecified atom stereocenters. The van der Waals surface area contributed by atoms with Crippen molar-refractivity contribution in [3.05, 3.63) is 69.8 Å². The fourth-order valence-corrected chi connectivity index (χ4v) is 4.80. The van der Waals surface area contributed by atoms with Crippen LogP contribution in [0.2, 0.25) is 0 Å². The van der Waals surface area contributed by atoms with Crippen LogP contribution in [0.1, 0.15) is 64.0 Å². The van der Waals surface area contributed by atoms with E-state index in [0.29, 0.717) is 25.1 Å². The molecule has 2 aromatic rings. The quantitative estimate of drug-likeness (QED) is 0.646. The van der Waals surface area contributed by atoms with E-state index in [2.05, 4.69) is 41.1 Å². The first kappa shape index (κ1) is 19.9. The molecule has 1 saturated heterocycles. The maximum atomic E-state index is 13.2.